The minimum atomic E-state index is -1.17. The molecule has 0 aliphatic carbocycles. The molecule has 0 radical (unpaired) electrons. The van der Waals surface area contributed by atoms with Crippen molar-refractivity contribution in [1.29, 1.82) is 0 Å². The Bertz CT molecular complexity index is 413. The molecule has 112 valence electrons. The predicted molar refractivity (Wildman–Crippen MR) is 66.7 cm³/mol. The molecule has 1 aliphatic heterocycles. The molecule has 6 N–H and O–H groups in total. The highest BCUT2D eigenvalue weighted by molar-refractivity contribution is 5.91. The number of carbonyl (C=O) groups excluding carboxylic acids is 3. The van der Waals surface area contributed by atoms with Crippen molar-refractivity contribution in [3.8, 4) is 0 Å². The number of carboxylic acid groups (broad SMARTS) is 1. The van der Waals surface area contributed by atoms with Crippen molar-refractivity contribution in [2.45, 2.75) is 12.5 Å². The van der Waals surface area contributed by atoms with Crippen molar-refractivity contribution in [3.63, 3.8) is 0 Å². The van der Waals surface area contributed by atoms with Crippen molar-refractivity contribution in [2.75, 3.05) is 26.2 Å². The van der Waals surface area contributed by atoms with E-state index in [9.17, 15) is 19.2 Å². The number of hydrogen-bond acceptors (Lipinski definition) is 4. The maximum absolute atomic E-state index is 11.9. The van der Waals surface area contributed by atoms with E-state index in [-0.39, 0.29) is 26.2 Å². The van der Waals surface area contributed by atoms with Gasteiger partial charge < -0.3 is 31.7 Å². The Kier molecular flexibility index (Phi) is 5.56. The van der Waals surface area contributed by atoms with Gasteiger partial charge in [-0.05, 0) is 0 Å². The maximum atomic E-state index is 11.9. The summed E-state index contributed by atoms with van der Waals surface area (Å²) in [6.07, 6.45) is -0.460. The topological polar surface area (TPSA) is 154 Å². The number of nitrogens with zero attached hydrogens (tertiary/aromatic N) is 1. The Balaban J connectivity index is 2.52. The largest absolute Gasteiger partial charge is 0.481 e. The van der Waals surface area contributed by atoms with Crippen molar-refractivity contribution in [2.24, 2.45) is 5.73 Å². The first kappa shape index (κ1) is 15.5. The van der Waals surface area contributed by atoms with Crippen LogP contribution in [0.2, 0.25) is 0 Å². The summed E-state index contributed by atoms with van der Waals surface area (Å²) < 4.78 is 0. The van der Waals surface area contributed by atoms with Crippen LogP contribution >= 0.6 is 0 Å². The minimum Gasteiger partial charge on any atom is -0.481 e. The van der Waals surface area contributed by atoms with Crippen LogP contribution in [0.25, 0.3) is 0 Å². The third kappa shape index (κ3) is 4.63. The first-order valence-electron chi connectivity index (χ1n) is 5.99. The summed E-state index contributed by atoms with van der Waals surface area (Å²) in [4.78, 5) is 45.8. The fourth-order valence-electron chi connectivity index (χ4n) is 1.78. The molecule has 0 aromatic rings. The van der Waals surface area contributed by atoms with Crippen LogP contribution in [0.1, 0.15) is 6.42 Å². The number of amides is 5. The lowest BCUT2D eigenvalue weighted by atomic mass is 10.1. The zero-order valence-corrected chi connectivity index (χ0v) is 10.7. The van der Waals surface area contributed by atoms with Crippen LogP contribution in [-0.2, 0) is 9.59 Å². The number of carbonyl (C=O) groups is 4. The SMILES string of the molecule is NC(=O)NCCNC(=O)N1CCNC(=O)C1CC(=O)O. The molecule has 1 aliphatic rings. The Morgan fingerprint density at radius 1 is 1.35 bits per heavy atom. The number of urea groups is 2. The number of carboxylic acids is 1. The molecule has 0 aromatic heterocycles. The van der Waals surface area contributed by atoms with E-state index in [1.165, 1.54) is 0 Å². The summed E-state index contributed by atoms with van der Waals surface area (Å²) in [5, 5.41) is 16.0. The van der Waals surface area contributed by atoms with E-state index in [4.69, 9.17) is 10.8 Å². The molecule has 10 nitrogen and oxygen atoms in total. The molecule has 1 unspecified atom stereocenters. The lowest BCUT2D eigenvalue weighted by Crippen LogP contribution is -2.60. The second-order valence-corrected chi connectivity index (χ2v) is 4.12. The molecule has 5 amide bonds. The second-order valence-electron chi connectivity index (χ2n) is 4.12. The van der Waals surface area contributed by atoms with E-state index >= 15 is 0 Å². The number of rotatable bonds is 5. The number of aliphatic carboxylic acids is 1. The minimum absolute atomic E-state index is 0.125. The van der Waals surface area contributed by atoms with E-state index in [1.807, 2.05) is 0 Å². The molecule has 1 fully saturated rings. The molecular weight excluding hydrogens is 270 g/mol. The molecule has 1 saturated heterocycles. The van der Waals surface area contributed by atoms with Crippen LogP contribution < -0.4 is 21.7 Å². The van der Waals surface area contributed by atoms with Crippen molar-refractivity contribution < 1.29 is 24.3 Å². The van der Waals surface area contributed by atoms with E-state index in [0.717, 1.165) is 4.90 Å². The molecule has 0 aromatic carbocycles. The molecule has 1 heterocycles. The van der Waals surface area contributed by atoms with Gasteiger partial charge in [-0.15, -0.1) is 0 Å². The first-order chi connectivity index (χ1) is 9.41. The number of hydrogen-bond donors (Lipinski definition) is 5. The number of piperazine rings is 1. The number of primary amides is 1. The Morgan fingerprint density at radius 2 is 2.00 bits per heavy atom. The van der Waals surface area contributed by atoms with Gasteiger partial charge in [0, 0.05) is 26.2 Å². The van der Waals surface area contributed by atoms with Gasteiger partial charge in [-0.25, -0.2) is 9.59 Å². The molecule has 1 rings (SSSR count). The molecule has 1 atom stereocenters. The zero-order valence-electron chi connectivity index (χ0n) is 10.7. The maximum Gasteiger partial charge on any atom is 0.318 e. The quantitative estimate of drug-likeness (QED) is 0.358. The molecule has 0 saturated carbocycles. The lowest BCUT2D eigenvalue weighted by Gasteiger charge is -2.34. The molecule has 0 bridgehead atoms. The van der Waals surface area contributed by atoms with E-state index in [2.05, 4.69) is 16.0 Å². The van der Waals surface area contributed by atoms with Gasteiger partial charge in [0.25, 0.3) is 0 Å². The standard InChI is InChI=1S/C10H17N5O5/c11-9(19)13-1-2-14-10(20)15-4-3-12-8(18)6(15)5-7(16)17/h6H,1-5H2,(H,12,18)(H,14,20)(H,16,17)(H3,11,13,19). The van der Waals surface area contributed by atoms with Crippen LogP contribution in [0.5, 0.6) is 0 Å². The van der Waals surface area contributed by atoms with Crippen LogP contribution in [0.15, 0.2) is 0 Å². The summed E-state index contributed by atoms with van der Waals surface area (Å²) in [6, 6.07) is -2.30. The van der Waals surface area contributed by atoms with E-state index in [1.54, 1.807) is 0 Å². The fraction of sp³-hybridized carbons (Fsp3) is 0.600. The van der Waals surface area contributed by atoms with Crippen LogP contribution in [0, 0.1) is 0 Å². The fourth-order valence-corrected chi connectivity index (χ4v) is 1.78. The van der Waals surface area contributed by atoms with Crippen molar-refractivity contribution in [1.82, 2.24) is 20.9 Å². The molecule has 10 heteroatoms. The summed E-state index contributed by atoms with van der Waals surface area (Å²) >= 11 is 0. The van der Waals surface area contributed by atoms with E-state index < -0.39 is 36.4 Å². The van der Waals surface area contributed by atoms with Gasteiger partial charge in [0.2, 0.25) is 5.91 Å². The first-order valence-corrected chi connectivity index (χ1v) is 5.99. The second kappa shape index (κ2) is 7.16. The van der Waals surface area contributed by atoms with Crippen LogP contribution in [0.3, 0.4) is 0 Å². The van der Waals surface area contributed by atoms with Gasteiger partial charge in [-0.3, -0.25) is 9.59 Å². The summed E-state index contributed by atoms with van der Waals surface area (Å²) in [5.41, 5.74) is 4.86. The Labute approximate surface area is 114 Å². The third-order valence-corrected chi connectivity index (χ3v) is 2.66. The van der Waals surface area contributed by atoms with Crippen molar-refractivity contribution in [3.05, 3.63) is 0 Å². The smallest absolute Gasteiger partial charge is 0.318 e. The predicted octanol–water partition coefficient (Wildman–Crippen LogP) is -2.36. The normalized spacial score (nSPS) is 18.1. The van der Waals surface area contributed by atoms with Gasteiger partial charge in [0.05, 0.1) is 6.42 Å². The highest BCUT2D eigenvalue weighted by atomic mass is 16.4. The van der Waals surface area contributed by atoms with Crippen LogP contribution in [-0.4, -0.2) is 66.2 Å². The molecular formula is C10H17N5O5. The van der Waals surface area contributed by atoms with Gasteiger partial charge in [-0.2, -0.15) is 0 Å². The average molecular weight is 287 g/mol. The summed E-state index contributed by atoms with van der Waals surface area (Å²) in [7, 11) is 0. The highest BCUT2D eigenvalue weighted by Crippen LogP contribution is 2.09. The van der Waals surface area contributed by atoms with Crippen molar-refractivity contribution >= 4 is 23.9 Å². The Hall–Kier alpha value is -2.52. The molecule has 20 heavy (non-hydrogen) atoms. The van der Waals surface area contributed by atoms with Gasteiger partial charge >= 0.3 is 18.0 Å². The molecule has 0 spiro atoms. The third-order valence-electron chi connectivity index (χ3n) is 2.66. The van der Waals surface area contributed by atoms with E-state index in [0.29, 0.717) is 0 Å². The zero-order chi connectivity index (χ0) is 15.1. The Morgan fingerprint density at radius 3 is 2.60 bits per heavy atom. The lowest BCUT2D eigenvalue weighted by molar-refractivity contribution is -0.142. The summed E-state index contributed by atoms with van der Waals surface area (Å²) in [6.45, 7) is 0.755. The monoisotopic (exact) mass is 287 g/mol. The van der Waals surface area contributed by atoms with Gasteiger partial charge in [-0.1, -0.05) is 0 Å². The number of nitrogens with two attached hydrogens (primary N) is 1. The number of nitrogens with one attached hydrogen (secondary N) is 3. The van der Waals surface area contributed by atoms with Gasteiger partial charge in [0.1, 0.15) is 6.04 Å². The average Bonchev–Trinajstić information content (AvgIpc) is 2.36. The van der Waals surface area contributed by atoms with Crippen LogP contribution in [0.4, 0.5) is 9.59 Å². The highest BCUT2D eigenvalue weighted by Gasteiger charge is 2.34. The van der Waals surface area contributed by atoms with Gasteiger partial charge in [0.15, 0.2) is 0 Å². The summed E-state index contributed by atoms with van der Waals surface area (Å²) in [5.74, 6) is -1.66.